The first-order chi connectivity index (χ1) is 9.61. The number of hydrogen-bond acceptors (Lipinski definition) is 5. The predicted molar refractivity (Wildman–Crippen MR) is 77.1 cm³/mol. The highest BCUT2D eigenvalue weighted by atomic mass is 79.9. The third-order valence-corrected chi connectivity index (χ3v) is 3.38. The molecule has 1 N–H and O–H groups in total. The molecule has 0 bridgehead atoms. The van der Waals surface area contributed by atoms with Crippen molar-refractivity contribution in [1.29, 1.82) is 5.26 Å². The molecule has 1 aromatic carbocycles. The fourth-order valence-electron chi connectivity index (χ4n) is 1.60. The number of anilines is 1. The van der Waals surface area contributed by atoms with Crippen molar-refractivity contribution in [2.45, 2.75) is 6.54 Å². The fraction of sp³-hybridized carbons (Fsp3) is 0.0769. The van der Waals surface area contributed by atoms with E-state index in [9.17, 15) is 10.1 Å². The molecule has 6 nitrogen and oxygen atoms in total. The minimum Gasteiger partial charge on any atom is -0.365 e. The van der Waals surface area contributed by atoms with Crippen LogP contribution in [0.15, 0.2) is 41.0 Å². The van der Waals surface area contributed by atoms with Gasteiger partial charge >= 0.3 is 0 Å². The standard InChI is InChI=1S/C13H9BrN4O2/c14-12-4-2-1-3-9(12)7-16-13-10(6-15)5-11(8-17-13)18(19)20/h1-5,8H,7H2,(H,16,17). The Morgan fingerprint density at radius 3 is 2.85 bits per heavy atom. The third-order valence-electron chi connectivity index (χ3n) is 2.61. The van der Waals surface area contributed by atoms with Gasteiger partial charge in [-0.1, -0.05) is 34.1 Å². The largest absolute Gasteiger partial charge is 0.365 e. The summed E-state index contributed by atoms with van der Waals surface area (Å²) in [5, 5.41) is 22.6. The number of nitro groups is 1. The Hall–Kier alpha value is -2.46. The molecule has 0 atom stereocenters. The van der Waals surface area contributed by atoms with Crippen molar-refractivity contribution < 1.29 is 4.92 Å². The summed E-state index contributed by atoms with van der Waals surface area (Å²) in [7, 11) is 0. The molecule has 0 saturated heterocycles. The van der Waals surface area contributed by atoms with E-state index in [4.69, 9.17) is 5.26 Å². The van der Waals surface area contributed by atoms with Crippen LogP contribution in [0.4, 0.5) is 11.5 Å². The number of hydrogen-bond donors (Lipinski definition) is 1. The molecule has 2 aromatic rings. The topological polar surface area (TPSA) is 91.8 Å². The van der Waals surface area contributed by atoms with Crippen LogP contribution in [0.25, 0.3) is 0 Å². The van der Waals surface area contributed by atoms with Crippen LogP contribution in [-0.2, 0) is 6.54 Å². The molecule has 0 radical (unpaired) electrons. The molecule has 0 saturated carbocycles. The molecule has 2 rings (SSSR count). The lowest BCUT2D eigenvalue weighted by Crippen LogP contribution is -2.04. The summed E-state index contributed by atoms with van der Waals surface area (Å²) in [6.45, 7) is 0.459. The van der Waals surface area contributed by atoms with E-state index in [2.05, 4.69) is 26.2 Å². The van der Waals surface area contributed by atoms with Gasteiger partial charge in [0, 0.05) is 17.1 Å². The van der Waals surface area contributed by atoms with Crippen LogP contribution in [0.1, 0.15) is 11.1 Å². The minimum absolute atomic E-state index is 0.145. The molecule has 0 aliphatic carbocycles. The van der Waals surface area contributed by atoms with Gasteiger partial charge in [0.15, 0.2) is 0 Å². The van der Waals surface area contributed by atoms with Crippen LogP contribution in [0.3, 0.4) is 0 Å². The maximum absolute atomic E-state index is 10.6. The molecule has 7 heteroatoms. The summed E-state index contributed by atoms with van der Waals surface area (Å²) in [6, 6.07) is 10.7. The minimum atomic E-state index is -0.578. The molecule has 1 aromatic heterocycles. The van der Waals surface area contributed by atoms with E-state index in [1.54, 1.807) is 0 Å². The summed E-state index contributed by atoms with van der Waals surface area (Å²) >= 11 is 3.42. The zero-order chi connectivity index (χ0) is 14.5. The number of aromatic nitrogens is 1. The van der Waals surface area contributed by atoms with Crippen molar-refractivity contribution in [2.24, 2.45) is 0 Å². The van der Waals surface area contributed by atoms with E-state index < -0.39 is 4.92 Å². The van der Waals surface area contributed by atoms with Gasteiger partial charge in [0.25, 0.3) is 5.69 Å². The Morgan fingerprint density at radius 1 is 1.45 bits per heavy atom. The number of rotatable bonds is 4. The maximum atomic E-state index is 10.6. The van der Waals surface area contributed by atoms with E-state index in [1.165, 1.54) is 6.07 Å². The molecule has 1 heterocycles. The second kappa shape index (κ2) is 6.12. The van der Waals surface area contributed by atoms with Gasteiger partial charge in [-0.05, 0) is 11.6 Å². The average Bonchev–Trinajstić information content (AvgIpc) is 2.46. The van der Waals surface area contributed by atoms with Crippen LogP contribution in [0.5, 0.6) is 0 Å². The average molecular weight is 333 g/mol. The second-order valence-electron chi connectivity index (χ2n) is 3.90. The number of nitrogens with zero attached hydrogens (tertiary/aromatic N) is 3. The molecule has 0 amide bonds. The van der Waals surface area contributed by atoms with Gasteiger partial charge in [-0.15, -0.1) is 0 Å². The lowest BCUT2D eigenvalue weighted by Gasteiger charge is -2.08. The summed E-state index contributed by atoms with van der Waals surface area (Å²) in [5.74, 6) is 0.328. The van der Waals surface area contributed by atoms with Crippen LogP contribution >= 0.6 is 15.9 Å². The predicted octanol–water partition coefficient (Wildman–Crippen LogP) is 3.24. The Balaban J connectivity index is 2.20. The molecule has 0 aliphatic rings. The van der Waals surface area contributed by atoms with Crippen LogP contribution in [-0.4, -0.2) is 9.91 Å². The Labute approximate surface area is 123 Å². The van der Waals surface area contributed by atoms with E-state index in [1.807, 2.05) is 30.3 Å². The Kier molecular flexibility index (Phi) is 4.27. The van der Waals surface area contributed by atoms with E-state index in [0.29, 0.717) is 12.4 Å². The van der Waals surface area contributed by atoms with Gasteiger partial charge in [0.2, 0.25) is 0 Å². The first-order valence-corrected chi connectivity index (χ1v) is 6.43. The van der Waals surface area contributed by atoms with E-state index in [-0.39, 0.29) is 11.3 Å². The number of halogens is 1. The van der Waals surface area contributed by atoms with Crippen molar-refractivity contribution in [1.82, 2.24) is 4.98 Å². The SMILES string of the molecule is N#Cc1cc([N+](=O)[O-])cnc1NCc1ccccc1Br. The van der Waals surface area contributed by atoms with Gasteiger partial charge in [0.1, 0.15) is 23.6 Å². The molecular weight excluding hydrogens is 324 g/mol. The summed E-state index contributed by atoms with van der Waals surface area (Å²) in [5.41, 5.74) is 0.941. The monoisotopic (exact) mass is 332 g/mol. The van der Waals surface area contributed by atoms with Crippen LogP contribution in [0, 0.1) is 21.4 Å². The highest BCUT2D eigenvalue weighted by molar-refractivity contribution is 9.10. The fourth-order valence-corrected chi connectivity index (χ4v) is 2.03. The van der Waals surface area contributed by atoms with Gasteiger partial charge in [-0.25, -0.2) is 4.98 Å². The maximum Gasteiger partial charge on any atom is 0.289 e. The van der Waals surface area contributed by atoms with Crippen molar-refractivity contribution in [3.63, 3.8) is 0 Å². The summed E-state index contributed by atoms with van der Waals surface area (Å²) in [6.07, 6.45) is 1.13. The summed E-state index contributed by atoms with van der Waals surface area (Å²) in [4.78, 5) is 14.0. The smallest absolute Gasteiger partial charge is 0.289 e. The molecular formula is C13H9BrN4O2. The van der Waals surface area contributed by atoms with Crippen LogP contribution in [0.2, 0.25) is 0 Å². The van der Waals surface area contributed by atoms with E-state index >= 15 is 0 Å². The second-order valence-corrected chi connectivity index (χ2v) is 4.76. The van der Waals surface area contributed by atoms with E-state index in [0.717, 1.165) is 16.2 Å². The van der Waals surface area contributed by atoms with Gasteiger partial charge < -0.3 is 5.32 Å². The highest BCUT2D eigenvalue weighted by Crippen LogP contribution is 2.21. The number of benzene rings is 1. The van der Waals surface area contributed by atoms with Crippen molar-refractivity contribution in [2.75, 3.05) is 5.32 Å². The molecule has 100 valence electrons. The molecule has 0 fully saturated rings. The Bertz CT molecular complexity index is 697. The van der Waals surface area contributed by atoms with Crippen molar-refractivity contribution in [3.05, 3.63) is 62.2 Å². The number of nitrogens with one attached hydrogen (secondary N) is 1. The van der Waals surface area contributed by atoms with Gasteiger partial charge in [0.05, 0.1) is 4.92 Å². The lowest BCUT2D eigenvalue weighted by molar-refractivity contribution is -0.385. The molecule has 0 aliphatic heterocycles. The summed E-state index contributed by atoms with van der Waals surface area (Å²) < 4.78 is 0.938. The molecule has 0 unspecified atom stereocenters. The molecule has 20 heavy (non-hydrogen) atoms. The van der Waals surface area contributed by atoms with Gasteiger partial charge in [-0.2, -0.15) is 5.26 Å². The normalized spacial score (nSPS) is 9.80. The zero-order valence-corrected chi connectivity index (χ0v) is 11.8. The highest BCUT2D eigenvalue weighted by Gasteiger charge is 2.12. The number of pyridine rings is 1. The van der Waals surface area contributed by atoms with Crippen LogP contribution < -0.4 is 5.32 Å². The lowest BCUT2D eigenvalue weighted by atomic mass is 10.2. The first kappa shape index (κ1) is 14.0. The van der Waals surface area contributed by atoms with Gasteiger partial charge in [-0.3, -0.25) is 10.1 Å². The van der Waals surface area contributed by atoms with Crippen molar-refractivity contribution >= 4 is 27.4 Å². The molecule has 0 spiro atoms. The third kappa shape index (κ3) is 3.10. The zero-order valence-electron chi connectivity index (χ0n) is 10.2. The quantitative estimate of drug-likeness (QED) is 0.685. The number of nitriles is 1. The van der Waals surface area contributed by atoms with Crippen molar-refractivity contribution in [3.8, 4) is 6.07 Å². The Morgan fingerprint density at radius 2 is 2.20 bits per heavy atom. The first-order valence-electron chi connectivity index (χ1n) is 5.63.